The average molecular weight is 256 g/mol. The Labute approximate surface area is 112 Å². The molecule has 1 aromatic rings. The minimum atomic E-state index is -0.469. The maximum Gasteiger partial charge on any atom is 0.255 e. The second-order valence-electron chi connectivity index (χ2n) is 5.29. The monoisotopic (exact) mass is 256 g/mol. The number of amides is 1. The van der Waals surface area contributed by atoms with Crippen molar-refractivity contribution in [2.45, 2.75) is 43.9 Å². The molecule has 1 aliphatic carbocycles. The third-order valence-corrected chi connectivity index (χ3v) is 4.18. The van der Waals surface area contributed by atoms with Gasteiger partial charge in [-0.1, -0.05) is 18.2 Å². The van der Waals surface area contributed by atoms with Crippen LogP contribution < -0.4 is 0 Å². The van der Waals surface area contributed by atoms with Crippen molar-refractivity contribution in [3.63, 3.8) is 0 Å². The molecular weight excluding hydrogens is 240 g/mol. The highest BCUT2D eigenvalue weighted by Crippen LogP contribution is 2.38. The number of aliphatic hydroxyl groups excluding tert-OH is 1. The van der Waals surface area contributed by atoms with E-state index in [2.05, 4.69) is 6.07 Å². The van der Waals surface area contributed by atoms with Gasteiger partial charge in [0.2, 0.25) is 0 Å². The summed E-state index contributed by atoms with van der Waals surface area (Å²) in [5.41, 5.74) is 1.47. The zero-order valence-corrected chi connectivity index (χ0v) is 10.6. The highest BCUT2D eigenvalue weighted by Gasteiger charge is 2.41. The van der Waals surface area contributed by atoms with Gasteiger partial charge in [-0.2, -0.15) is 5.26 Å². The molecule has 0 bridgehead atoms. The Hall–Kier alpha value is -1.86. The summed E-state index contributed by atoms with van der Waals surface area (Å²) in [4.78, 5) is 14.2. The Balaban J connectivity index is 1.91. The zero-order valence-electron chi connectivity index (χ0n) is 10.6. The van der Waals surface area contributed by atoms with Gasteiger partial charge in [0, 0.05) is 17.2 Å². The number of nitriles is 1. The molecule has 1 heterocycles. The molecular formula is C15H16N2O2. The summed E-state index contributed by atoms with van der Waals surface area (Å²) >= 11 is 0. The molecule has 98 valence electrons. The van der Waals surface area contributed by atoms with Gasteiger partial charge in [0.15, 0.2) is 0 Å². The van der Waals surface area contributed by atoms with Crippen LogP contribution in [0.1, 0.15) is 47.6 Å². The predicted octanol–water partition coefficient (Wildman–Crippen LogP) is 2.01. The van der Waals surface area contributed by atoms with E-state index in [1.807, 2.05) is 18.2 Å². The summed E-state index contributed by atoms with van der Waals surface area (Å²) in [6, 6.07) is 9.21. The molecule has 3 rings (SSSR count). The Morgan fingerprint density at radius 3 is 2.58 bits per heavy atom. The number of carbonyl (C=O) groups is 1. The number of hydrogen-bond donors (Lipinski definition) is 1. The van der Waals surface area contributed by atoms with Gasteiger partial charge >= 0.3 is 0 Å². The highest BCUT2D eigenvalue weighted by atomic mass is 16.3. The van der Waals surface area contributed by atoms with E-state index >= 15 is 0 Å². The third kappa shape index (κ3) is 1.91. The lowest BCUT2D eigenvalue weighted by atomic mass is 9.91. The van der Waals surface area contributed by atoms with Gasteiger partial charge < -0.3 is 10.0 Å². The molecule has 0 radical (unpaired) electrons. The Bertz CT molecular complexity index is 541. The normalized spacial score (nSPS) is 30.0. The van der Waals surface area contributed by atoms with Crippen molar-refractivity contribution < 1.29 is 9.90 Å². The van der Waals surface area contributed by atoms with Crippen LogP contribution in [0.25, 0.3) is 0 Å². The van der Waals surface area contributed by atoms with Crippen LogP contribution in [0, 0.1) is 11.3 Å². The van der Waals surface area contributed by atoms with Gasteiger partial charge in [0.05, 0.1) is 12.2 Å². The number of carbonyl (C=O) groups excluding carboxylic acids is 1. The maximum atomic E-state index is 12.5. The fourth-order valence-electron chi connectivity index (χ4n) is 3.18. The van der Waals surface area contributed by atoms with Crippen molar-refractivity contribution in [1.29, 1.82) is 5.26 Å². The van der Waals surface area contributed by atoms with Crippen molar-refractivity contribution in [2.24, 2.45) is 0 Å². The molecule has 1 unspecified atom stereocenters. The van der Waals surface area contributed by atoms with E-state index < -0.39 is 6.04 Å². The molecule has 0 spiro atoms. The first-order valence-electron chi connectivity index (χ1n) is 6.71. The third-order valence-electron chi connectivity index (χ3n) is 4.18. The van der Waals surface area contributed by atoms with E-state index in [4.69, 9.17) is 0 Å². The number of aliphatic hydroxyl groups is 1. The number of rotatable bonds is 1. The Kier molecular flexibility index (Phi) is 3.00. The first-order chi connectivity index (χ1) is 9.22. The van der Waals surface area contributed by atoms with E-state index in [-0.39, 0.29) is 18.1 Å². The van der Waals surface area contributed by atoms with Crippen LogP contribution >= 0.6 is 0 Å². The van der Waals surface area contributed by atoms with Crippen LogP contribution in [0.4, 0.5) is 0 Å². The van der Waals surface area contributed by atoms with Gasteiger partial charge in [0.1, 0.15) is 6.04 Å². The molecule has 2 aliphatic rings. The minimum absolute atomic E-state index is 0.0384. The Morgan fingerprint density at radius 1 is 1.21 bits per heavy atom. The standard InChI is InChI=1S/C15H16N2O2/c16-9-14-12-3-1-2-4-13(12)15(19)17(14)10-5-7-11(18)8-6-10/h1-4,10-11,14,18H,5-8H2. The molecule has 1 aliphatic heterocycles. The molecule has 4 nitrogen and oxygen atoms in total. The van der Waals surface area contributed by atoms with E-state index in [1.54, 1.807) is 11.0 Å². The van der Waals surface area contributed by atoms with E-state index in [1.165, 1.54) is 0 Å². The fourth-order valence-corrected chi connectivity index (χ4v) is 3.18. The second-order valence-corrected chi connectivity index (χ2v) is 5.29. The smallest absolute Gasteiger partial charge is 0.255 e. The predicted molar refractivity (Wildman–Crippen MR) is 69.2 cm³/mol. The van der Waals surface area contributed by atoms with Crippen LogP contribution in [-0.4, -0.2) is 28.1 Å². The lowest BCUT2D eigenvalue weighted by Crippen LogP contribution is -2.41. The molecule has 1 atom stereocenters. The number of hydrogen-bond acceptors (Lipinski definition) is 3. The summed E-state index contributed by atoms with van der Waals surface area (Å²) in [5.74, 6) is -0.0384. The van der Waals surface area contributed by atoms with E-state index in [0.29, 0.717) is 18.4 Å². The van der Waals surface area contributed by atoms with Crippen molar-refractivity contribution in [3.05, 3.63) is 35.4 Å². The molecule has 1 fully saturated rings. The van der Waals surface area contributed by atoms with Gasteiger partial charge in [-0.25, -0.2) is 0 Å². The van der Waals surface area contributed by atoms with Crippen molar-refractivity contribution in [3.8, 4) is 6.07 Å². The van der Waals surface area contributed by atoms with Crippen molar-refractivity contribution >= 4 is 5.91 Å². The summed E-state index contributed by atoms with van der Waals surface area (Å²) in [6.07, 6.45) is 2.72. The van der Waals surface area contributed by atoms with Crippen LogP contribution in [0.15, 0.2) is 24.3 Å². The quantitative estimate of drug-likeness (QED) is 0.836. The lowest BCUT2D eigenvalue weighted by molar-refractivity contribution is 0.0479. The largest absolute Gasteiger partial charge is 0.393 e. The second kappa shape index (κ2) is 4.67. The summed E-state index contributed by atoms with van der Waals surface area (Å²) < 4.78 is 0. The molecule has 1 N–H and O–H groups in total. The summed E-state index contributed by atoms with van der Waals surface area (Å²) in [7, 11) is 0. The zero-order chi connectivity index (χ0) is 13.4. The Morgan fingerprint density at radius 2 is 1.89 bits per heavy atom. The van der Waals surface area contributed by atoms with Crippen molar-refractivity contribution in [2.75, 3.05) is 0 Å². The topological polar surface area (TPSA) is 64.3 Å². The lowest BCUT2D eigenvalue weighted by Gasteiger charge is -2.34. The molecule has 0 aromatic heterocycles. The van der Waals surface area contributed by atoms with Crippen LogP contribution in [0.3, 0.4) is 0 Å². The molecule has 1 amide bonds. The molecule has 0 saturated heterocycles. The van der Waals surface area contributed by atoms with Crippen molar-refractivity contribution in [1.82, 2.24) is 4.90 Å². The highest BCUT2D eigenvalue weighted by molar-refractivity contribution is 5.99. The molecule has 4 heteroatoms. The van der Waals surface area contributed by atoms with Gasteiger partial charge in [0.25, 0.3) is 5.91 Å². The fraction of sp³-hybridized carbons (Fsp3) is 0.467. The van der Waals surface area contributed by atoms with Gasteiger partial charge in [-0.15, -0.1) is 0 Å². The number of nitrogens with zero attached hydrogens (tertiary/aromatic N) is 2. The molecule has 1 aromatic carbocycles. The summed E-state index contributed by atoms with van der Waals surface area (Å²) in [6.45, 7) is 0. The number of benzene rings is 1. The average Bonchev–Trinajstić information content (AvgIpc) is 2.73. The molecule has 1 saturated carbocycles. The van der Waals surface area contributed by atoms with E-state index in [0.717, 1.165) is 18.4 Å². The van der Waals surface area contributed by atoms with E-state index in [9.17, 15) is 15.2 Å². The first kappa shape index (κ1) is 12.2. The van der Waals surface area contributed by atoms with Gasteiger partial charge in [-0.3, -0.25) is 4.79 Å². The van der Waals surface area contributed by atoms with Crippen LogP contribution in [0.2, 0.25) is 0 Å². The van der Waals surface area contributed by atoms with Crippen LogP contribution in [-0.2, 0) is 0 Å². The minimum Gasteiger partial charge on any atom is -0.393 e. The molecule has 19 heavy (non-hydrogen) atoms. The summed E-state index contributed by atoms with van der Waals surface area (Å²) in [5, 5.41) is 19.0. The number of fused-ring (bicyclic) bond motifs is 1. The maximum absolute atomic E-state index is 12.5. The van der Waals surface area contributed by atoms with Crippen LogP contribution in [0.5, 0.6) is 0 Å². The first-order valence-corrected chi connectivity index (χ1v) is 6.71. The SMILES string of the molecule is N#CC1c2ccccc2C(=O)N1C1CCC(O)CC1. The van der Waals surface area contributed by atoms with Gasteiger partial charge in [-0.05, 0) is 31.7 Å².